The Kier molecular flexibility index (Phi) is 9.63. The molecule has 0 N–H and O–H groups in total. The second-order valence-corrected chi connectivity index (χ2v) is 15.7. The molecule has 63 heavy (non-hydrogen) atoms. The summed E-state index contributed by atoms with van der Waals surface area (Å²) in [6.45, 7) is 2.02. The van der Waals surface area contributed by atoms with Gasteiger partial charge in [0.25, 0.3) is 0 Å². The summed E-state index contributed by atoms with van der Waals surface area (Å²) in [5, 5.41) is 4.73. The predicted octanol–water partition coefficient (Wildman–Crippen LogP) is 14.0. The largest absolute Gasteiger partial charge is 0.264 e. The van der Waals surface area contributed by atoms with Crippen molar-refractivity contribution in [2.24, 2.45) is 0 Å². The van der Waals surface area contributed by atoms with E-state index in [4.69, 9.17) is 19.9 Å². The second-order valence-electron chi connectivity index (χ2n) is 15.7. The summed E-state index contributed by atoms with van der Waals surface area (Å²) in [6, 6.07) is 65.8. The molecule has 0 atom stereocenters. The average Bonchev–Trinajstić information content (AvgIpc) is 3.36. The first-order chi connectivity index (χ1) is 31.1. The van der Waals surface area contributed by atoms with Crippen molar-refractivity contribution in [1.29, 1.82) is 0 Å². The zero-order chi connectivity index (χ0) is 42.1. The molecule has 7 aromatic carbocycles. The lowest BCUT2D eigenvalue weighted by molar-refractivity contribution is 1.07. The lowest BCUT2D eigenvalue weighted by Crippen LogP contribution is -2.01. The minimum Gasteiger partial charge on any atom is -0.264 e. The third-order valence-electron chi connectivity index (χ3n) is 11.6. The van der Waals surface area contributed by atoms with Gasteiger partial charge in [0.05, 0.1) is 5.69 Å². The maximum Gasteiger partial charge on any atom is 0.164 e. The summed E-state index contributed by atoms with van der Waals surface area (Å²) in [5.41, 5.74) is 14.2. The fraction of sp³-hybridized carbons (Fsp3) is 0.0175. The monoisotopic (exact) mass is 806 g/mol. The number of nitrogens with zero attached hydrogens (tertiary/aromatic N) is 6. The summed E-state index contributed by atoms with van der Waals surface area (Å²) >= 11 is 0. The van der Waals surface area contributed by atoms with E-state index in [0.29, 0.717) is 17.5 Å². The molecular formula is C57H38N6. The van der Waals surface area contributed by atoms with Gasteiger partial charge >= 0.3 is 0 Å². The quantitative estimate of drug-likeness (QED) is 0.142. The number of benzene rings is 7. The summed E-state index contributed by atoms with van der Waals surface area (Å²) in [4.78, 5) is 29.1. The van der Waals surface area contributed by atoms with E-state index < -0.39 is 0 Å². The molecular weight excluding hydrogens is 769 g/mol. The molecule has 0 radical (unpaired) electrons. The molecule has 6 heteroatoms. The van der Waals surface area contributed by atoms with Crippen molar-refractivity contribution >= 4 is 21.5 Å². The fourth-order valence-corrected chi connectivity index (χ4v) is 8.38. The van der Waals surface area contributed by atoms with Gasteiger partial charge in [-0.25, -0.2) is 15.0 Å². The highest BCUT2D eigenvalue weighted by atomic mass is 15.0. The van der Waals surface area contributed by atoms with Crippen molar-refractivity contribution in [3.63, 3.8) is 0 Å². The molecule has 0 saturated heterocycles. The number of rotatable bonds is 8. The first kappa shape index (κ1) is 37.5. The molecule has 0 aliphatic carbocycles. The number of hydrogen-bond donors (Lipinski definition) is 0. The molecule has 0 saturated carbocycles. The molecule has 0 bridgehead atoms. The van der Waals surface area contributed by atoms with Gasteiger partial charge in [0.2, 0.25) is 0 Å². The Labute approximate surface area is 365 Å². The summed E-state index contributed by atoms with van der Waals surface area (Å²) < 4.78 is 0. The summed E-state index contributed by atoms with van der Waals surface area (Å²) in [7, 11) is 0. The van der Waals surface area contributed by atoms with Crippen LogP contribution in [0.1, 0.15) is 5.69 Å². The molecule has 0 amide bonds. The Bertz CT molecular complexity index is 3270. The Morgan fingerprint density at radius 2 is 0.762 bits per heavy atom. The molecule has 0 aliphatic rings. The van der Waals surface area contributed by atoms with Gasteiger partial charge in [-0.05, 0) is 122 Å². The van der Waals surface area contributed by atoms with Gasteiger partial charge in [-0.1, -0.05) is 140 Å². The van der Waals surface area contributed by atoms with Gasteiger partial charge in [0, 0.05) is 52.7 Å². The number of fused-ring (bicyclic) bond motifs is 2. The van der Waals surface area contributed by atoms with Crippen LogP contribution in [-0.2, 0) is 0 Å². The lowest BCUT2D eigenvalue weighted by atomic mass is 9.89. The van der Waals surface area contributed by atoms with E-state index in [2.05, 4.69) is 180 Å². The maximum atomic E-state index is 5.27. The molecule has 0 unspecified atom stereocenters. The molecule has 296 valence electrons. The van der Waals surface area contributed by atoms with E-state index in [-0.39, 0.29) is 0 Å². The first-order valence-corrected chi connectivity index (χ1v) is 21.0. The van der Waals surface area contributed by atoms with Crippen LogP contribution in [0.3, 0.4) is 0 Å². The molecule has 4 heterocycles. The summed E-state index contributed by atoms with van der Waals surface area (Å²) in [6.07, 6.45) is 7.33. The number of hydrogen-bond acceptors (Lipinski definition) is 6. The van der Waals surface area contributed by atoms with Crippen LogP contribution >= 0.6 is 0 Å². The lowest BCUT2D eigenvalue weighted by Gasteiger charge is -2.16. The molecule has 0 spiro atoms. The molecule has 4 aromatic heterocycles. The Hall–Kier alpha value is -8.48. The van der Waals surface area contributed by atoms with Gasteiger partial charge < -0.3 is 0 Å². The van der Waals surface area contributed by atoms with Crippen molar-refractivity contribution in [2.75, 3.05) is 0 Å². The number of aryl methyl sites for hydroxylation is 1. The van der Waals surface area contributed by atoms with Gasteiger partial charge in [-0.3, -0.25) is 15.0 Å². The second kappa shape index (κ2) is 16.2. The third kappa shape index (κ3) is 7.51. The van der Waals surface area contributed by atoms with Gasteiger partial charge in [-0.15, -0.1) is 0 Å². The van der Waals surface area contributed by atoms with Gasteiger partial charge in [-0.2, -0.15) is 0 Å². The van der Waals surface area contributed by atoms with E-state index in [1.165, 1.54) is 27.1 Å². The third-order valence-corrected chi connectivity index (χ3v) is 11.6. The van der Waals surface area contributed by atoms with Crippen molar-refractivity contribution in [2.45, 2.75) is 6.92 Å². The van der Waals surface area contributed by atoms with Crippen molar-refractivity contribution < 1.29 is 0 Å². The van der Waals surface area contributed by atoms with E-state index in [9.17, 15) is 0 Å². The van der Waals surface area contributed by atoms with Crippen LogP contribution in [0, 0.1) is 6.92 Å². The average molecular weight is 807 g/mol. The Balaban J connectivity index is 1.11. The van der Waals surface area contributed by atoms with Crippen LogP contribution in [0.4, 0.5) is 0 Å². The highest BCUT2D eigenvalue weighted by Crippen LogP contribution is 2.41. The maximum absolute atomic E-state index is 5.27. The van der Waals surface area contributed by atoms with Crippen molar-refractivity contribution in [1.82, 2.24) is 29.9 Å². The van der Waals surface area contributed by atoms with Gasteiger partial charge in [0.15, 0.2) is 17.5 Å². The Morgan fingerprint density at radius 1 is 0.302 bits per heavy atom. The standard InChI is InChI=1S/C57H38N6/c1-37-9-6-16-53(60-37)41-23-17-40(18-24-41)48-32-49(54-51-14-4-2-10-44(51)31-45-11-3-5-15-52(45)54)34-50(33-48)57-62-55(42-25-19-38(20-26-42)46-12-7-29-58-35-46)61-56(63-57)43-27-21-39(22-28-43)47-13-8-30-59-36-47/h2-36H,1H3. The zero-order valence-corrected chi connectivity index (χ0v) is 34.4. The predicted molar refractivity (Wildman–Crippen MR) is 256 cm³/mol. The summed E-state index contributed by atoms with van der Waals surface area (Å²) in [5.74, 6) is 1.75. The van der Waals surface area contributed by atoms with Crippen LogP contribution in [0.2, 0.25) is 0 Å². The molecule has 11 aromatic rings. The van der Waals surface area contributed by atoms with Crippen LogP contribution in [0.15, 0.2) is 213 Å². The number of aromatic nitrogens is 6. The minimum absolute atomic E-state index is 0.580. The SMILES string of the molecule is Cc1cccc(-c2ccc(-c3cc(-c4nc(-c5ccc(-c6cccnc6)cc5)nc(-c5ccc(-c6cccnc6)cc5)n4)cc(-c4c5ccccc5cc5ccccc45)c3)cc2)n1. The molecule has 0 fully saturated rings. The minimum atomic E-state index is 0.580. The van der Waals surface area contributed by atoms with Crippen LogP contribution in [-0.4, -0.2) is 29.9 Å². The van der Waals surface area contributed by atoms with Crippen LogP contribution < -0.4 is 0 Å². The van der Waals surface area contributed by atoms with Gasteiger partial charge in [0.1, 0.15) is 0 Å². The fourth-order valence-electron chi connectivity index (χ4n) is 8.38. The van der Waals surface area contributed by atoms with E-state index >= 15 is 0 Å². The number of pyridine rings is 3. The van der Waals surface area contributed by atoms with Crippen molar-refractivity contribution in [3.8, 4) is 89.9 Å². The molecule has 6 nitrogen and oxygen atoms in total. The molecule has 0 aliphatic heterocycles. The highest BCUT2D eigenvalue weighted by molar-refractivity contribution is 6.13. The van der Waals surface area contributed by atoms with E-state index in [1.807, 2.05) is 37.5 Å². The normalized spacial score (nSPS) is 11.3. The van der Waals surface area contributed by atoms with Crippen LogP contribution in [0.25, 0.3) is 111 Å². The van der Waals surface area contributed by atoms with Crippen LogP contribution in [0.5, 0.6) is 0 Å². The topological polar surface area (TPSA) is 77.3 Å². The first-order valence-electron chi connectivity index (χ1n) is 21.0. The van der Waals surface area contributed by atoms with E-state index in [1.54, 1.807) is 12.4 Å². The van der Waals surface area contributed by atoms with E-state index in [0.717, 1.165) is 72.6 Å². The smallest absolute Gasteiger partial charge is 0.164 e. The Morgan fingerprint density at radius 3 is 1.29 bits per heavy atom. The zero-order valence-electron chi connectivity index (χ0n) is 34.4. The molecule has 11 rings (SSSR count). The highest BCUT2D eigenvalue weighted by Gasteiger charge is 2.18. The van der Waals surface area contributed by atoms with Crippen molar-refractivity contribution in [3.05, 3.63) is 219 Å².